The zero-order valence-electron chi connectivity index (χ0n) is 8.81. The highest BCUT2D eigenvalue weighted by atomic mass is 35.5. The van der Waals surface area contributed by atoms with Crippen LogP contribution in [0.1, 0.15) is 0 Å². The number of methoxy groups -OCH3 is 1. The van der Waals surface area contributed by atoms with Crippen LogP contribution in [-0.2, 0) is 16.4 Å². The Morgan fingerprint density at radius 3 is 2.69 bits per heavy atom. The molecule has 0 saturated carbocycles. The van der Waals surface area contributed by atoms with E-state index in [9.17, 15) is 13.2 Å². The van der Waals surface area contributed by atoms with E-state index in [0.29, 0.717) is 0 Å². The molecule has 0 atom stereocenters. The molecular weight excluding hydrogens is 256 g/mol. The summed E-state index contributed by atoms with van der Waals surface area (Å²) in [4.78, 5) is 15.4. The van der Waals surface area contributed by atoms with Crippen molar-refractivity contribution in [2.45, 2.75) is 6.54 Å². The fourth-order valence-electron chi connectivity index (χ4n) is 1.05. The Hall–Kier alpha value is -1.08. The van der Waals surface area contributed by atoms with Crippen LogP contribution in [0.25, 0.3) is 0 Å². The van der Waals surface area contributed by atoms with E-state index in [1.54, 1.807) is 0 Å². The maximum absolute atomic E-state index is 11.7. The Kier molecular flexibility index (Phi) is 3.93. The molecule has 8 heteroatoms. The third-order valence-corrected chi connectivity index (χ3v) is 3.05. The van der Waals surface area contributed by atoms with Crippen LogP contribution in [0, 0.1) is 0 Å². The Balaban J connectivity index is 3.04. The van der Waals surface area contributed by atoms with Crippen molar-refractivity contribution in [3.8, 4) is 5.75 Å². The number of rotatable bonds is 4. The van der Waals surface area contributed by atoms with Crippen molar-refractivity contribution >= 4 is 21.4 Å². The molecule has 16 heavy (non-hydrogen) atoms. The van der Waals surface area contributed by atoms with Gasteiger partial charge < -0.3 is 4.74 Å². The average molecular weight is 267 g/mol. The molecule has 6 nitrogen and oxygen atoms in total. The van der Waals surface area contributed by atoms with Gasteiger partial charge in [0.05, 0.1) is 19.2 Å². The van der Waals surface area contributed by atoms with E-state index >= 15 is 0 Å². The van der Waals surface area contributed by atoms with Crippen LogP contribution in [-0.4, -0.2) is 37.1 Å². The summed E-state index contributed by atoms with van der Waals surface area (Å²) in [7, 11) is -1.83. The standard InChI is InChI=1S/C8H11ClN2O4S/c1-15-6-7(9)10-5-11(8(6)12)3-4-16(2,13)14/h5H,3-4H2,1-2H3. The molecular formula is C8H11ClN2O4S. The number of sulfone groups is 1. The number of nitrogens with zero attached hydrogens (tertiary/aromatic N) is 2. The predicted octanol–water partition coefficient (Wildman–Crippen LogP) is -0.0501. The summed E-state index contributed by atoms with van der Waals surface area (Å²) in [6.45, 7) is 0.0260. The summed E-state index contributed by atoms with van der Waals surface area (Å²) in [6.07, 6.45) is 2.29. The first-order chi connectivity index (χ1) is 7.35. The van der Waals surface area contributed by atoms with Crippen molar-refractivity contribution in [3.05, 3.63) is 21.8 Å². The maximum atomic E-state index is 11.7. The number of hydrogen-bond donors (Lipinski definition) is 0. The zero-order valence-corrected chi connectivity index (χ0v) is 10.4. The van der Waals surface area contributed by atoms with Crippen molar-refractivity contribution in [2.24, 2.45) is 0 Å². The lowest BCUT2D eigenvalue weighted by molar-refractivity contribution is 0.400. The molecule has 0 fully saturated rings. The van der Waals surface area contributed by atoms with E-state index in [1.807, 2.05) is 0 Å². The minimum atomic E-state index is -3.13. The Morgan fingerprint density at radius 2 is 2.19 bits per heavy atom. The first kappa shape index (κ1) is 13.0. The highest BCUT2D eigenvalue weighted by Gasteiger charge is 2.11. The fourth-order valence-corrected chi connectivity index (χ4v) is 1.78. The highest BCUT2D eigenvalue weighted by Crippen LogP contribution is 2.14. The quantitative estimate of drug-likeness (QED) is 0.714. The van der Waals surface area contributed by atoms with Crippen molar-refractivity contribution in [1.82, 2.24) is 9.55 Å². The molecule has 1 aromatic heterocycles. The van der Waals surface area contributed by atoms with Gasteiger partial charge in [0, 0.05) is 12.8 Å². The molecule has 0 spiro atoms. The molecule has 0 aromatic carbocycles. The number of halogens is 1. The fraction of sp³-hybridized carbons (Fsp3) is 0.500. The zero-order chi connectivity index (χ0) is 12.3. The van der Waals surface area contributed by atoms with Gasteiger partial charge in [-0.15, -0.1) is 0 Å². The molecule has 0 aliphatic rings. The third-order valence-electron chi connectivity index (χ3n) is 1.86. The van der Waals surface area contributed by atoms with Crippen molar-refractivity contribution < 1.29 is 13.2 Å². The first-order valence-electron chi connectivity index (χ1n) is 4.32. The van der Waals surface area contributed by atoms with Crippen LogP contribution in [0.15, 0.2) is 11.1 Å². The van der Waals surface area contributed by atoms with Gasteiger partial charge >= 0.3 is 0 Å². The van der Waals surface area contributed by atoms with Crippen molar-refractivity contribution in [2.75, 3.05) is 19.1 Å². The SMILES string of the molecule is COc1c(Cl)ncn(CCS(C)(=O)=O)c1=O. The summed E-state index contributed by atoms with van der Waals surface area (Å²) in [5.74, 6) is -0.225. The minimum absolute atomic E-state index is 0.0260. The number of aryl methyl sites for hydroxylation is 1. The van der Waals surface area contributed by atoms with E-state index in [-0.39, 0.29) is 23.2 Å². The number of ether oxygens (including phenoxy) is 1. The van der Waals surface area contributed by atoms with Gasteiger partial charge in [-0.2, -0.15) is 0 Å². The lowest BCUT2D eigenvalue weighted by Gasteiger charge is -2.07. The lowest BCUT2D eigenvalue weighted by atomic mass is 10.5. The Bertz CT molecular complexity index is 537. The van der Waals surface area contributed by atoms with Crippen LogP contribution in [0.5, 0.6) is 5.75 Å². The lowest BCUT2D eigenvalue weighted by Crippen LogP contribution is -2.25. The molecule has 0 radical (unpaired) electrons. The second kappa shape index (κ2) is 4.84. The molecule has 0 amide bonds. The summed E-state index contributed by atoms with van der Waals surface area (Å²) >= 11 is 5.62. The summed E-state index contributed by atoms with van der Waals surface area (Å²) in [5, 5.41) is -0.0388. The van der Waals surface area contributed by atoms with Gasteiger partial charge in [-0.1, -0.05) is 11.6 Å². The van der Waals surface area contributed by atoms with E-state index in [4.69, 9.17) is 16.3 Å². The van der Waals surface area contributed by atoms with Crippen LogP contribution in [0.2, 0.25) is 5.15 Å². The van der Waals surface area contributed by atoms with Gasteiger partial charge in [-0.05, 0) is 0 Å². The molecule has 0 aliphatic heterocycles. The summed E-state index contributed by atoms with van der Waals surface area (Å²) < 4.78 is 27.8. The summed E-state index contributed by atoms with van der Waals surface area (Å²) in [6, 6.07) is 0. The van der Waals surface area contributed by atoms with Crippen LogP contribution in [0.4, 0.5) is 0 Å². The van der Waals surface area contributed by atoms with Crippen molar-refractivity contribution in [1.29, 1.82) is 0 Å². The molecule has 90 valence electrons. The van der Waals surface area contributed by atoms with Gasteiger partial charge in [0.1, 0.15) is 9.84 Å². The number of aromatic nitrogens is 2. The molecule has 0 bridgehead atoms. The van der Waals surface area contributed by atoms with Crippen LogP contribution >= 0.6 is 11.6 Å². The average Bonchev–Trinajstić information content (AvgIpc) is 2.16. The van der Waals surface area contributed by atoms with Gasteiger partial charge in [0.2, 0.25) is 5.75 Å². The van der Waals surface area contributed by atoms with E-state index in [2.05, 4.69) is 4.98 Å². The molecule has 0 N–H and O–H groups in total. The Morgan fingerprint density at radius 1 is 1.56 bits per heavy atom. The van der Waals surface area contributed by atoms with Crippen LogP contribution < -0.4 is 10.3 Å². The van der Waals surface area contributed by atoms with Gasteiger partial charge in [0.15, 0.2) is 5.15 Å². The first-order valence-corrected chi connectivity index (χ1v) is 6.75. The molecule has 1 heterocycles. The number of hydrogen-bond acceptors (Lipinski definition) is 5. The second-order valence-electron chi connectivity index (χ2n) is 3.20. The summed E-state index contributed by atoms with van der Waals surface area (Å²) in [5.41, 5.74) is -0.494. The van der Waals surface area contributed by atoms with Gasteiger partial charge in [-0.25, -0.2) is 13.4 Å². The second-order valence-corrected chi connectivity index (χ2v) is 5.81. The molecule has 1 rings (SSSR count). The molecule has 0 unspecified atom stereocenters. The largest absolute Gasteiger partial charge is 0.489 e. The van der Waals surface area contributed by atoms with E-state index in [0.717, 1.165) is 10.8 Å². The molecule has 0 saturated heterocycles. The van der Waals surface area contributed by atoms with Gasteiger partial charge in [0.25, 0.3) is 5.56 Å². The monoisotopic (exact) mass is 266 g/mol. The van der Waals surface area contributed by atoms with Crippen molar-refractivity contribution in [3.63, 3.8) is 0 Å². The van der Waals surface area contributed by atoms with Gasteiger partial charge in [-0.3, -0.25) is 9.36 Å². The third kappa shape index (κ3) is 3.21. The smallest absolute Gasteiger partial charge is 0.297 e. The predicted molar refractivity (Wildman–Crippen MR) is 59.8 cm³/mol. The minimum Gasteiger partial charge on any atom is -0.489 e. The maximum Gasteiger partial charge on any atom is 0.297 e. The normalized spacial score (nSPS) is 11.4. The molecule has 1 aromatic rings. The van der Waals surface area contributed by atoms with E-state index in [1.165, 1.54) is 13.4 Å². The topological polar surface area (TPSA) is 78.3 Å². The molecule has 0 aliphatic carbocycles. The highest BCUT2D eigenvalue weighted by molar-refractivity contribution is 7.90. The Labute approximate surface area is 97.7 Å². The van der Waals surface area contributed by atoms with Crippen LogP contribution in [0.3, 0.4) is 0 Å². The van der Waals surface area contributed by atoms with E-state index < -0.39 is 15.4 Å².